The summed E-state index contributed by atoms with van der Waals surface area (Å²) in [4.78, 5) is 15.0. The van der Waals surface area contributed by atoms with Gasteiger partial charge in [-0.15, -0.1) is 0 Å². The Morgan fingerprint density at radius 1 is 1.27 bits per heavy atom. The van der Waals surface area contributed by atoms with Crippen molar-refractivity contribution in [1.82, 2.24) is 9.80 Å². The Labute approximate surface area is 92.9 Å². The summed E-state index contributed by atoms with van der Waals surface area (Å²) >= 11 is 0. The number of rotatable bonds is 7. The van der Waals surface area contributed by atoms with Crippen LogP contribution in [-0.4, -0.2) is 61.2 Å². The molecule has 0 heterocycles. The zero-order valence-corrected chi connectivity index (χ0v) is 10.4. The maximum absolute atomic E-state index is 11.3. The maximum atomic E-state index is 11.3. The summed E-state index contributed by atoms with van der Waals surface area (Å²) in [5.41, 5.74) is 0. The zero-order valence-electron chi connectivity index (χ0n) is 10.4. The Kier molecular flexibility index (Phi) is 7.34. The Balaban J connectivity index is 3.46. The van der Waals surface area contributed by atoms with E-state index >= 15 is 0 Å². The van der Waals surface area contributed by atoms with Gasteiger partial charge in [-0.1, -0.05) is 0 Å². The maximum Gasteiger partial charge on any atom is 0.222 e. The summed E-state index contributed by atoms with van der Waals surface area (Å²) in [6.45, 7) is 3.59. The van der Waals surface area contributed by atoms with Gasteiger partial charge in [-0.2, -0.15) is 0 Å². The molecule has 0 spiro atoms. The van der Waals surface area contributed by atoms with Crippen LogP contribution >= 0.6 is 0 Å². The molecule has 0 fully saturated rings. The molecule has 0 rings (SSSR count). The molecule has 1 amide bonds. The van der Waals surface area contributed by atoms with E-state index in [-0.39, 0.29) is 12.0 Å². The molecule has 0 aliphatic rings. The van der Waals surface area contributed by atoms with Gasteiger partial charge in [-0.05, 0) is 33.4 Å². The zero-order chi connectivity index (χ0) is 11.8. The quantitative estimate of drug-likeness (QED) is 0.676. The predicted molar refractivity (Wildman–Crippen MR) is 61.7 cm³/mol. The third kappa shape index (κ3) is 8.39. The highest BCUT2D eigenvalue weighted by atomic mass is 16.3. The number of aliphatic hydroxyl groups is 1. The summed E-state index contributed by atoms with van der Waals surface area (Å²) in [7, 11) is 5.57. The second-order valence-corrected chi connectivity index (χ2v) is 4.33. The molecule has 0 bridgehead atoms. The van der Waals surface area contributed by atoms with Crippen LogP contribution in [-0.2, 0) is 4.79 Å². The molecule has 4 nitrogen and oxygen atoms in total. The van der Waals surface area contributed by atoms with Crippen molar-refractivity contribution >= 4 is 5.91 Å². The summed E-state index contributed by atoms with van der Waals surface area (Å²) in [6.07, 6.45) is 2.04. The summed E-state index contributed by atoms with van der Waals surface area (Å²) in [6, 6.07) is 0. The van der Waals surface area contributed by atoms with E-state index in [4.69, 9.17) is 5.11 Å². The van der Waals surface area contributed by atoms with Crippen molar-refractivity contribution in [3.05, 3.63) is 0 Å². The molecule has 15 heavy (non-hydrogen) atoms. The van der Waals surface area contributed by atoms with Gasteiger partial charge in [0.25, 0.3) is 0 Å². The van der Waals surface area contributed by atoms with Gasteiger partial charge in [-0.25, -0.2) is 0 Å². The van der Waals surface area contributed by atoms with Gasteiger partial charge in [0.2, 0.25) is 5.91 Å². The summed E-state index contributed by atoms with van der Waals surface area (Å²) in [5, 5.41) is 9.10. The van der Waals surface area contributed by atoms with Crippen molar-refractivity contribution in [1.29, 1.82) is 0 Å². The van der Waals surface area contributed by atoms with E-state index < -0.39 is 0 Å². The third-order valence-corrected chi connectivity index (χ3v) is 2.36. The standard InChI is InChI=1S/C11H24N2O2/c1-10(14)7-9-13(4)8-5-6-11(15)12(2)3/h10,14H,5-9H2,1-4H3. The van der Waals surface area contributed by atoms with E-state index in [2.05, 4.69) is 4.90 Å². The van der Waals surface area contributed by atoms with Crippen molar-refractivity contribution in [2.45, 2.75) is 32.3 Å². The van der Waals surface area contributed by atoms with Crippen LogP contribution < -0.4 is 0 Å². The highest BCUT2D eigenvalue weighted by Gasteiger charge is 2.05. The van der Waals surface area contributed by atoms with Crippen molar-refractivity contribution < 1.29 is 9.90 Å². The van der Waals surface area contributed by atoms with E-state index in [1.807, 2.05) is 7.05 Å². The SMILES string of the molecule is CC(O)CCN(C)CCCC(=O)N(C)C. The second kappa shape index (κ2) is 7.65. The number of aliphatic hydroxyl groups excluding tert-OH is 1. The molecule has 0 aromatic rings. The lowest BCUT2D eigenvalue weighted by Crippen LogP contribution is -2.26. The first kappa shape index (κ1) is 14.4. The van der Waals surface area contributed by atoms with Gasteiger partial charge in [0.05, 0.1) is 6.10 Å². The van der Waals surface area contributed by atoms with Crippen molar-refractivity contribution in [3.63, 3.8) is 0 Å². The molecule has 0 aliphatic heterocycles. The lowest BCUT2D eigenvalue weighted by Gasteiger charge is -2.17. The number of carbonyl (C=O) groups excluding carboxylic acids is 1. The lowest BCUT2D eigenvalue weighted by molar-refractivity contribution is -0.128. The van der Waals surface area contributed by atoms with Crippen molar-refractivity contribution in [2.24, 2.45) is 0 Å². The first-order valence-corrected chi connectivity index (χ1v) is 5.50. The Bertz CT molecular complexity index is 181. The largest absolute Gasteiger partial charge is 0.393 e. The Morgan fingerprint density at radius 2 is 1.87 bits per heavy atom. The van der Waals surface area contributed by atoms with E-state index in [1.54, 1.807) is 25.9 Å². The fraction of sp³-hybridized carbons (Fsp3) is 0.909. The number of nitrogens with zero attached hydrogens (tertiary/aromatic N) is 2. The minimum atomic E-state index is -0.240. The summed E-state index contributed by atoms with van der Waals surface area (Å²) < 4.78 is 0. The van der Waals surface area contributed by atoms with E-state index in [0.29, 0.717) is 6.42 Å². The number of hydrogen-bond acceptors (Lipinski definition) is 3. The average Bonchev–Trinajstić information content (AvgIpc) is 2.14. The lowest BCUT2D eigenvalue weighted by atomic mass is 10.2. The molecule has 4 heteroatoms. The molecule has 1 unspecified atom stereocenters. The van der Waals surface area contributed by atoms with Gasteiger partial charge in [0, 0.05) is 27.1 Å². The molecule has 90 valence electrons. The first-order chi connectivity index (χ1) is 6.93. The van der Waals surface area contributed by atoms with Crippen LogP contribution in [0.5, 0.6) is 0 Å². The minimum absolute atomic E-state index is 0.180. The molecule has 0 saturated carbocycles. The molecular weight excluding hydrogens is 192 g/mol. The minimum Gasteiger partial charge on any atom is -0.393 e. The highest BCUT2D eigenvalue weighted by Crippen LogP contribution is 1.98. The van der Waals surface area contributed by atoms with Crippen LogP contribution in [0, 0.1) is 0 Å². The van der Waals surface area contributed by atoms with Crippen LogP contribution in [0.15, 0.2) is 0 Å². The van der Waals surface area contributed by atoms with Crippen molar-refractivity contribution in [2.75, 3.05) is 34.2 Å². The predicted octanol–water partition coefficient (Wildman–Crippen LogP) is 0.557. The number of carbonyl (C=O) groups is 1. The average molecular weight is 216 g/mol. The molecule has 1 N–H and O–H groups in total. The molecular formula is C11H24N2O2. The molecule has 0 aromatic heterocycles. The van der Waals surface area contributed by atoms with Crippen LogP contribution in [0.4, 0.5) is 0 Å². The van der Waals surface area contributed by atoms with E-state index in [0.717, 1.165) is 25.9 Å². The molecule has 0 aromatic carbocycles. The summed E-state index contributed by atoms with van der Waals surface area (Å²) in [5.74, 6) is 0.180. The van der Waals surface area contributed by atoms with Crippen LogP contribution in [0.3, 0.4) is 0 Å². The topological polar surface area (TPSA) is 43.8 Å². The smallest absolute Gasteiger partial charge is 0.222 e. The fourth-order valence-corrected chi connectivity index (χ4v) is 1.24. The Hall–Kier alpha value is -0.610. The van der Waals surface area contributed by atoms with Crippen LogP contribution in [0.2, 0.25) is 0 Å². The molecule has 0 radical (unpaired) electrons. The van der Waals surface area contributed by atoms with Crippen molar-refractivity contribution in [3.8, 4) is 0 Å². The Morgan fingerprint density at radius 3 is 2.33 bits per heavy atom. The normalized spacial score (nSPS) is 12.9. The van der Waals surface area contributed by atoms with Gasteiger partial charge in [0.15, 0.2) is 0 Å². The molecule has 0 saturated heterocycles. The van der Waals surface area contributed by atoms with E-state index in [1.165, 1.54) is 0 Å². The van der Waals surface area contributed by atoms with Gasteiger partial charge < -0.3 is 14.9 Å². The molecule has 1 atom stereocenters. The third-order valence-electron chi connectivity index (χ3n) is 2.36. The second-order valence-electron chi connectivity index (χ2n) is 4.33. The van der Waals surface area contributed by atoms with E-state index in [9.17, 15) is 4.79 Å². The monoisotopic (exact) mass is 216 g/mol. The van der Waals surface area contributed by atoms with Gasteiger partial charge in [-0.3, -0.25) is 4.79 Å². The van der Waals surface area contributed by atoms with Gasteiger partial charge >= 0.3 is 0 Å². The first-order valence-electron chi connectivity index (χ1n) is 5.50. The van der Waals surface area contributed by atoms with Gasteiger partial charge in [0.1, 0.15) is 0 Å². The number of hydrogen-bond donors (Lipinski definition) is 1. The highest BCUT2D eigenvalue weighted by molar-refractivity contribution is 5.75. The fourth-order valence-electron chi connectivity index (χ4n) is 1.24. The number of amides is 1. The van der Waals surface area contributed by atoms with Crippen LogP contribution in [0.1, 0.15) is 26.2 Å². The van der Waals surface area contributed by atoms with Crippen LogP contribution in [0.25, 0.3) is 0 Å². The molecule has 0 aliphatic carbocycles.